The van der Waals surface area contributed by atoms with Crippen molar-refractivity contribution in [1.82, 2.24) is 16.0 Å². The lowest BCUT2D eigenvalue weighted by Crippen LogP contribution is -2.67. The van der Waals surface area contributed by atoms with Crippen molar-refractivity contribution in [3.05, 3.63) is 35.6 Å². The molecule has 2 atom stereocenters. The van der Waals surface area contributed by atoms with E-state index < -0.39 is 28.2 Å². The quantitative estimate of drug-likeness (QED) is 0.0944. The Morgan fingerprint density at radius 2 is 1.62 bits per heavy atom. The average molecular weight is 631 g/mol. The molecule has 10 nitrogen and oxygen atoms in total. The summed E-state index contributed by atoms with van der Waals surface area (Å²) in [5.74, 6) is -1.26. The molecule has 2 unspecified atom stereocenters. The second kappa shape index (κ2) is 13.3. The van der Waals surface area contributed by atoms with Crippen molar-refractivity contribution in [1.29, 1.82) is 0 Å². The molecule has 1 aromatic rings. The third-order valence-electron chi connectivity index (χ3n) is 10.8. The fourth-order valence-electron chi connectivity index (χ4n) is 8.56. The first-order valence-corrected chi connectivity index (χ1v) is 16.7. The third kappa shape index (κ3) is 7.69. The van der Waals surface area contributed by atoms with E-state index in [2.05, 4.69) is 22.9 Å². The summed E-state index contributed by atoms with van der Waals surface area (Å²) in [5, 5.41) is 19.3. The lowest BCUT2D eigenvalue weighted by molar-refractivity contribution is -0.479. The number of hydrogen-bond donors (Lipinski definition) is 5. The van der Waals surface area contributed by atoms with Crippen LogP contribution in [0.25, 0.3) is 0 Å². The van der Waals surface area contributed by atoms with E-state index in [0.29, 0.717) is 56.8 Å². The number of ether oxygens (including phenoxy) is 1. The van der Waals surface area contributed by atoms with Crippen molar-refractivity contribution in [3.63, 3.8) is 0 Å². The molecular weight excluding hydrogens is 579 g/mol. The first-order valence-electron chi connectivity index (χ1n) is 16.7. The van der Waals surface area contributed by atoms with Gasteiger partial charge in [0.2, 0.25) is 17.6 Å². The zero-order valence-electron chi connectivity index (χ0n) is 27.0. The van der Waals surface area contributed by atoms with Gasteiger partial charge >= 0.3 is 0 Å². The van der Waals surface area contributed by atoms with Gasteiger partial charge in [0.15, 0.2) is 0 Å². The number of benzene rings is 1. The molecule has 5 aliphatic carbocycles. The largest absolute Gasteiger partial charge is 0.356 e. The molecule has 45 heavy (non-hydrogen) atoms. The smallest absolute Gasteiger partial charge is 0.251 e. The van der Waals surface area contributed by atoms with Crippen molar-refractivity contribution >= 4 is 17.7 Å². The molecule has 11 heteroatoms. The number of hydrogen-bond acceptors (Lipinski definition) is 7. The maximum Gasteiger partial charge on any atom is 0.251 e. The minimum atomic E-state index is -1.13. The van der Waals surface area contributed by atoms with Gasteiger partial charge in [-0.1, -0.05) is 0 Å². The number of carbonyl (C=O) groups is 3. The lowest BCUT2D eigenvalue weighted by Gasteiger charge is -2.63. The van der Waals surface area contributed by atoms with Gasteiger partial charge in [0.05, 0.1) is 11.0 Å². The molecule has 5 aliphatic rings. The highest BCUT2D eigenvalue weighted by Crippen LogP contribution is 2.65. The highest BCUT2D eigenvalue weighted by Gasteiger charge is 2.67. The van der Waals surface area contributed by atoms with E-state index >= 15 is 0 Å². The van der Waals surface area contributed by atoms with Gasteiger partial charge in [0.1, 0.15) is 5.82 Å². The maximum atomic E-state index is 13.6. The van der Waals surface area contributed by atoms with Crippen LogP contribution in [0.2, 0.25) is 0 Å². The number of amides is 3. The summed E-state index contributed by atoms with van der Waals surface area (Å²) in [6.45, 7) is 7.13. The highest BCUT2D eigenvalue weighted by atomic mass is 19.1. The number of rotatable bonds is 13. The fourth-order valence-corrected chi connectivity index (χ4v) is 8.56. The van der Waals surface area contributed by atoms with Gasteiger partial charge < -0.3 is 26.4 Å². The van der Waals surface area contributed by atoms with Crippen LogP contribution in [0.4, 0.5) is 4.39 Å². The van der Waals surface area contributed by atoms with Crippen LogP contribution in [0.5, 0.6) is 0 Å². The SMILES string of the molecule is CC(C)(N)CNC(=O)CC1CCC(C)(OC2(OO)C3CC4CC2CC(C(=O)NCCCNC(=O)c2ccc(F)cc2)(C4)C3)CC1. The van der Waals surface area contributed by atoms with Crippen molar-refractivity contribution in [3.8, 4) is 0 Å². The van der Waals surface area contributed by atoms with Crippen LogP contribution in [-0.2, 0) is 19.2 Å². The lowest BCUT2D eigenvalue weighted by atomic mass is 9.47. The van der Waals surface area contributed by atoms with E-state index in [1.54, 1.807) is 0 Å². The highest BCUT2D eigenvalue weighted by molar-refractivity contribution is 5.94. The van der Waals surface area contributed by atoms with Gasteiger partial charge in [-0.25, -0.2) is 14.5 Å². The summed E-state index contributed by atoms with van der Waals surface area (Å²) >= 11 is 0. The molecule has 0 heterocycles. The summed E-state index contributed by atoms with van der Waals surface area (Å²) in [4.78, 5) is 43.7. The molecule has 1 aromatic carbocycles. The van der Waals surface area contributed by atoms with Crippen molar-refractivity contribution in [2.24, 2.45) is 34.8 Å². The van der Waals surface area contributed by atoms with Crippen LogP contribution in [0.3, 0.4) is 0 Å². The Morgan fingerprint density at radius 1 is 1.00 bits per heavy atom. The molecular formula is C34H51FN4O6. The van der Waals surface area contributed by atoms with Gasteiger partial charge in [0, 0.05) is 49.0 Å². The molecule has 0 aromatic heterocycles. The van der Waals surface area contributed by atoms with Crippen LogP contribution < -0.4 is 21.7 Å². The standard InChI is InChI=1S/C34H51FN4O6/c1-31(2,36)21-39-28(40)17-22-9-11-32(3,12-10-22)44-34(45-43)25-15-23-16-26(34)20-33(18-23,19-25)30(42)38-14-4-13-37-29(41)24-5-7-27(35)8-6-24/h5-8,22-23,25-26,43H,4,9-21,36H2,1-3H3,(H,37,41)(H,38,42)(H,39,40). The van der Waals surface area contributed by atoms with Crippen LogP contribution >= 0.6 is 0 Å². The van der Waals surface area contributed by atoms with Crippen LogP contribution in [-0.4, -0.2) is 59.5 Å². The van der Waals surface area contributed by atoms with Crippen LogP contribution in [0.15, 0.2) is 24.3 Å². The topological polar surface area (TPSA) is 152 Å². The molecule has 5 fully saturated rings. The van der Waals surface area contributed by atoms with E-state index in [1.165, 1.54) is 24.3 Å². The average Bonchev–Trinajstić information content (AvgIpc) is 2.98. The zero-order chi connectivity index (χ0) is 32.5. The molecule has 6 rings (SSSR count). The third-order valence-corrected chi connectivity index (χ3v) is 10.8. The van der Waals surface area contributed by atoms with Crippen molar-refractivity contribution < 1.29 is 33.7 Å². The van der Waals surface area contributed by atoms with E-state index in [-0.39, 0.29) is 35.5 Å². The molecule has 0 radical (unpaired) electrons. The summed E-state index contributed by atoms with van der Waals surface area (Å²) in [6.07, 6.45) is 8.04. The van der Waals surface area contributed by atoms with Crippen molar-refractivity contribution in [2.75, 3.05) is 19.6 Å². The molecule has 5 saturated carbocycles. The summed E-state index contributed by atoms with van der Waals surface area (Å²) < 4.78 is 20.0. The summed E-state index contributed by atoms with van der Waals surface area (Å²) in [5.41, 5.74) is 4.94. The minimum absolute atomic E-state index is 0.0255. The maximum absolute atomic E-state index is 13.6. The first-order chi connectivity index (χ1) is 21.2. The summed E-state index contributed by atoms with van der Waals surface area (Å²) in [7, 11) is 0. The van der Waals surface area contributed by atoms with Gasteiger partial charge in [0.25, 0.3) is 5.91 Å². The summed E-state index contributed by atoms with van der Waals surface area (Å²) in [6, 6.07) is 5.39. The Morgan fingerprint density at radius 3 is 2.22 bits per heavy atom. The Balaban J connectivity index is 1.11. The van der Waals surface area contributed by atoms with E-state index in [1.807, 2.05) is 13.8 Å². The predicted octanol–water partition coefficient (Wildman–Crippen LogP) is 4.28. The number of nitrogens with one attached hydrogen (secondary N) is 3. The molecule has 6 N–H and O–H groups in total. The van der Waals surface area contributed by atoms with Gasteiger partial charge in [-0.2, -0.15) is 0 Å². The monoisotopic (exact) mass is 630 g/mol. The molecule has 4 bridgehead atoms. The van der Waals surface area contributed by atoms with E-state index in [0.717, 1.165) is 44.9 Å². The Labute approximate surface area is 265 Å². The molecule has 0 spiro atoms. The Bertz CT molecular complexity index is 1210. The first kappa shape index (κ1) is 33.8. The molecule has 0 aliphatic heterocycles. The van der Waals surface area contributed by atoms with Gasteiger partial charge in [-0.15, -0.1) is 0 Å². The van der Waals surface area contributed by atoms with E-state index in [9.17, 15) is 24.0 Å². The molecule has 3 amide bonds. The minimum Gasteiger partial charge on any atom is -0.356 e. The number of carbonyl (C=O) groups excluding carboxylic acids is 3. The molecule has 0 saturated heterocycles. The van der Waals surface area contributed by atoms with Crippen LogP contribution in [0.1, 0.15) is 102 Å². The molecule has 250 valence electrons. The van der Waals surface area contributed by atoms with Crippen molar-refractivity contribution in [2.45, 2.75) is 108 Å². The predicted molar refractivity (Wildman–Crippen MR) is 166 cm³/mol. The fraction of sp³-hybridized carbons (Fsp3) is 0.735. The van der Waals surface area contributed by atoms with Crippen LogP contribution in [0, 0.1) is 34.9 Å². The Hall–Kier alpha value is -2.60. The number of nitrogens with two attached hydrogens (primary N) is 1. The zero-order valence-corrected chi connectivity index (χ0v) is 27.0. The van der Waals surface area contributed by atoms with Gasteiger partial charge in [-0.05, 0) is 121 Å². The normalized spacial score (nSPS) is 33.9. The van der Waals surface area contributed by atoms with Gasteiger partial charge in [-0.3, -0.25) is 14.4 Å². The van der Waals surface area contributed by atoms with E-state index in [4.69, 9.17) is 15.4 Å². The number of halogens is 1. The second-order valence-corrected chi connectivity index (χ2v) is 15.3. The second-order valence-electron chi connectivity index (χ2n) is 15.3. The Kier molecular flexibility index (Phi) is 9.94.